The van der Waals surface area contributed by atoms with E-state index in [1.807, 2.05) is 26.2 Å². The fraction of sp³-hybridized carbons (Fsp3) is 0.182. The maximum atomic E-state index is 15.0. The highest BCUT2D eigenvalue weighted by Crippen LogP contribution is 2.39. The van der Waals surface area contributed by atoms with E-state index in [-0.39, 0.29) is 42.1 Å². The van der Waals surface area contributed by atoms with Crippen LogP contribution in [-0.2, 0) is 29.0 Å². The largest absolute Gasteiger partial charge is 0.453 e. The number of carbonyl (C=O) groups is 2. The number of ether oxygens (including phenoxy) is 1. The lowest BCUT2D eigenvalue weighted by molar-refractivity contribution is -0.126. The molecule has 5 rings (SSSR count). The fourth-order valence-electron chi connectivity index (χ4n) is 4.61. The van der Waals surface area contributed by atoms with Crippen molar-refractivity contribution in [2.45, 2.75) is 25.8 Å². The van der Waals surface area contributed by atoms with Gasteiger partial charge < -0.3 is 9.64 Å². The minimum atomic E-state index is -0.619. The van der Waals surface area contributed by atoms with Crippen LogP contribution in [-0.4, -0.2) is 35.5 Å². The maximum absolute atomic E-state index is 15.0. The van der Waals surface area contributed by atoms with Gasteiger partial charge in [-0.3, -0.25) is 14.6 Å². The summed E-state index contributed by atoms with van der Waals surface area (Å²) in [5, 5.41) is 0. The Kier molecular flexibility index (Phi) is 8.61. The van der Waals surface area contributed by atoms with Gasteiger partial charge in [-0.25, -0.2) is 8.78 Å². The van der Waals surface area contributed by atoms with Crippen LogP contribution in [0.25, 0.3) is 20.7 Å². The zero-order valence-corrected chi connectivity index (χ0v) is 23.5. The van der Waals surface area contributed by atoms with E-state index in [1.54, 1.807) is 24.4 Å². The number of thiophene rings is 1. The Morgan fingerprint density at radius 1 is 0.829 bits per heavy atom. The highest BCUT2D eigenvalue weighted by atomic mass is 32.1. The standard InChI is InChI=1S/C33H28F2N2O3S/c1-37(2)20-22-6-5-8-24(14-22)32-19-29-33(41-32)31(12-13-36-29)40-30-11-10-21(16-28(30)35)15-25(38)18-26(39)17-23-7-3-4-9-27(23)34/h3-14,16,19H,15,17-18,20H2,1-2H3. The number of benzene rings is 3. The number of halogens is 2. The fourth-order valence-corrected chi connectivity index (χ4v) is 5.67. The number of carbonyl (C=O) groups excluding carboxylic acids is 2. The van der Waals surface area contributed by atoms with Crippen LogP contribution in [0.4, 0.5) is 8.78 Å². The molecule has 208 valence electrons. The second-order valence-corrected chi connectivity index (χ2v) is 11.2. The number of hydrogen-bond acceptors (Lipinski definition) is 6. The maximum Gasteiger partial charge on any atom is 0.166 e. The van der Waals surface area contributed by atoms with Crippen LogP contribution >= 0.6 is 11.3 Å². The molecule has 5 nitrogen and oxygen atoms in total. The lowest BCUT2D eigenvalue weighted by Gasteiger charge is -2.10. The van der Waals surface area contributed by atoms with Gasteiger partial charge in [0, 0.05) is 36.5 Å². The second-order valence-electron chi connectivity index (χ2n) is 10.1. The van der Waals surface area contributed by atoms with E-state index in [4.69, 9.17) is 4.74 Å². The van der Waals surface area contributed by atoms with E-state index in [0.29, 0.717) is 11.3 Å². The van der Waals surface area contributed by atoms with Crippen molar-refractivity contribution in [2.75, 3.05) is 14.1 Å². The molecule has 0 radical (unpaired) electrons. The predicted octanol–water partition coefficient (Wildman–Crippen LogP) is 7.41. The van der Waals surface area contributed by atoms with Crippen LogP contribution in [0.2, 0.25) is 0 Å². The molecule has 0 unspecified atom stereocenters. The lowest BCUT2D eigenvalue weighted by atomic mass is 10.0. The van der Waals surface area contributed by atoms with Crippen LogP contribution in [0.3, 0.4) is 0 Å². The van der Waals surface area contributed by atoms with Gasteiger partial charge in [-0.15, -0.1) is 11.3 Å². The first kappa shape index (κ1) is 28.3. The molecule has 0 bridgehead atoms. The van der Waals surface area contributed by atoms with Crippen molar-refractivity contribution in [3.63, 3.8) is 0 Å². The van der Waals surface area contributed by atoms with E-state index >= 15 is 4.39 Å². The van der Waals surface area contributed by atoms with Crippen LogP contribution in [0.5, 0.6) is 11.5 Å². The average Bonchev–Trinajstić information content (AvgIpc) is 3.37. The number of hydrogen-bond donors (Lipinski definition) is 0. The summed E-state index contributed by atoms with van der Waals surface area (Å²) in [4.78, 5) is 32.3. The minimum absolute atomic E-state index is 0.0206. The van der Waals surface area contributed by atoms with Gasteiger partial charge in [0.15, 0.2) is 11.6 Å². The van der Waals surface area contributed by atoms with E-state index in [2.05, 4.69) is 28.1 Å². The molecular formula is C33H28F2N2O3S. The van der Waals surface area contributed by atoms with Crippen LogP contribution in [0.1, 0.15) is 23.1 Å². The number of fused-ring (bicyclic) bond motifs is 1. The summed E-state index contributed by atoms with van der Waals surface area (Å²) in [7, 11) is 4.06. The van der Waals surface area contributed by atoms with Crippen molar-refractivity contribution in [3.05, 3.63) is 113 Å². The summed E-state index contributed by atoms with van der Waals surface area (Å²) in [6.07, 6.45) is 1.01. The minimum Gasteiger partial charge on any atom is -0.453 e. The molecule has 0 saturated carbocycles. The smallest absolute Gasteiger partial charge is 0.166 e. The first-order valence-corrected chi connectivity index (χ1v) is 13.9. The van der Waals surface area contributed by atoms with Crippen LogP contribution in [0, 0.1) is 11.6 Å². The van der Waals surface area contributed by atoms with Crippen molar-refractivity contribution < 1.29 is 23.1 Å². The Morgan fingerprint density at radius 3 is 2.41 bits per heavy atom. The molecule has 5 aromatic rings. The Bertz CT molecular complexity index is 1730. The normalized spacial score (nSPS) is 11.2. The zero-order valence-electron chi connectivity index (χ0n) is 22.7. The Morgan fingerprint density at radius 2 is 1.63 bits per heavy atom. The van der Waals surface area contributed by atoms with E-state index < -0.39 is 11.6 Å². The van der Waals surface area contributed by atoms with Gasteiger partial charge in [0.1, 0.15) is 23.1 Å². The van der Waals surface area contributed by atoms with E-state index in [9.17, 15) is 14.0 Å². The van der Waals surface area contributed by atoms with Gasteiger partial charge in [-0.1, -0.05) is 42.5 Å². The number of aromatic nitrogens is 1. The molecule has 2 aromatic heterocycles. The Labute approximate surface area is 241 Å². The molecule has 0 saturated heterocycles. The van der Waals surface area contributed by atoms with Gasteiger partial charge in [0.05, 0.1) is 16.6 Å². The number of ketones is 2. The highest BCUT2D eigenvalue weighted by molar-refractivity contribution is 7.22. The zero-order chi connectivity index (χ0) is 28.9. The summed E-state index contributed by atoms with van der Waals surface area (Å²) < 4.78 is 35.6. The molecule has 0 aliphatic heterocycles. The molecule has 0 N–H and O–H groups in total. The summed E-state index contributed by atoms with van der Waals surface area (Å²) in [6, 6.07) is 22.3. The number of rotatable bonds is 11. The van der Waals surface area contributed by atoms with Crippen molar-refractivity contribution >= 4 is 33.1 Å². The molecule has 0 aliphatic rings. The molecule has 0 fully saturated rings. The molecule has 2 heterocycles. The third kappa shape index (κ3) is 7.09. The quantitative estimate of drug-likeness (QED) is 0.155. The van der Waals surface area contributed by atoms with E-state index in [0.717, 1.165) is 27.2 Å². The first-order chi connectivity index (χ1) is 19.7. The molecule has 0 spiro atoms. The Balaban J connectivity index is 1.27. The molecule has 8 heteroatoms. The van der Waals surface area contributed by atoms with Gasteiger partial charge in [-0.05, 0) is 66.7 Å². The number of Topliss-reactive ketones (excluding diaryl/α,β-unsaturated/α-hetero) is 2. The molecule has 0 amide bonds. The van der Waals surface area contributed by atoms with Gasteiger partial charge in [0.25, 0.3) is 0 Å². The number of nitrogens with zero attached hydrogens (tertiary/aromatic N) is 2. The van der Waals surface area contributed by atoms with Crippen molar-refractivity contribution in [1.82, 2.24) is 9.88 Å². The first-order valence-electron chi connectivity index (χ1n) is 13.1. The third-order valence-electron chi connectivity index (χ3n) is 6.44. The van der Waals surface area contributed by atoms with Gasteiger partial charge in [-0.2, -0.15) is 0 Å². The summed E-state index contributed by atoms with van der Waals surface area (Å²) >= 11 is 1.52. The van der Waals surface area contributed by atoms with Gasteiger partial charge in [0.2, 0.25) is 0 Å². The predicted molar refractivity (Wildman–Crippen MR) is 157 cm³/mol. The van der Waals surface area contributed by atoms with Crippen molar-refractivity contribution in [3.8, 4) is 21.9 Å². The third-order valence-corrected chi connectivity index (χ3v) is 7.63. The van der Waals surface area contributed by atoms with Crippen molar-refractivity contribution in [1.29, 1.82) is 0 Å². The highest BCUT2D eigenvalue weighted by Gasteiger charge is 2.16. The Hall–Kier alpha value is -4.27. The van der Waals surface area contributed by atoms with E-state index in [1.165, 1.54) is 47.2 Å². The van der Waals surface area contributed by atoms with Crippen LogP contribution in [0.15, 0.2) is 85.1 Å². The van der Waals surface area contributed by atoms with Gasteiger partial charge >= 0.3 is 0 Å². The topological polar surface area (TPSA) is 59.5 Å². The molecule has 3 aromatic carbocycles. The van der Waals surface area contributed by atoms with Crippen LogP contribution < -0.4 is 4.74 Å². The number of pyridine rings is 1. The molecule has 0 atom stereocenters. The summed E-state index contributed by atoms with van der Waals surface area (Å²) in [5.74, 6) is -1.35. The molecule has 41 heavy (non-hydrogen) atoms. The average molecular weight is 571 g/mol. The summed E-state index contributed by atoms with van der Waals surface area (Å²) in [6.45, 7) is 0.830. The molecular weight excluding hydrogens is 542 g/mol. The van der Waals surface area contributed by atoms with Crippen molar-refractivity contribution in [2.24, 2.45) is 0 Å². The lowest BCUT2D eigenvalue weighted by Crippen LogP contribution is -2.13. The summed E-state index contributed by atoms with van der Waals surface area (Å²) in [5.41, 5.74) is 3.70. The monoisotopic (exact) mass is 570 g/mol. The second kappa shape index (κ2) is 12.5. The molecule has 0 aliphatic carbocycles. The SMILES string of the molecule is CN(C)Cc1cccc(-c2cc3nccc(Oc4ccc(CC(=O)CC(=O)Cc5ccccc5F)cc4F)c3s2)c1.